The van der Waals surface area contributed by atoms with Gasteiger partial charge in [-0.2, -0.15) is 0 Å². The lowest BCUT2D eigenvalue weighted by Crippen LogP contribution is -2.35. The lowest BCUT2D eigenvalue weighted by atomic mass is 10.1. The van der Waals surface area contributed by atoms with Crippen LogP contribution in [0.4, 0.5) is 5.69 Å². The van der Waals surface area contributed by atoms with Crippen molar-refractivity contribution in [1.29, 1.82) is 5.41 Å². The first-order chi connectivity index (χ1) is 7.82. The average molecular weight is 328 g/mol. The summed E-state index contributed by atoms with van der Waals surface area (Å²) in [5.74, 6) is -0.826. The molecule has 0 bridgehead atoms. The van der Waals surface area contributed by atoms with Crippen molar-refractivity contribution >= 4 is 54.0 Å². The number of guanidine groups is 1. The van der Waals surface area contributed by atoms with Gasteiger partial charge < -0.3 is 10.6 Å². The molecule has 0 unspecified atom stereocenters. The lowest BCUT2D eigenvalue weighted by molar-refractivity contribution is 0.0976. The number of hydrogen-bond donors (Lipinski definition) is 3. The van der Waals surface area contributed by atoms with Crippen molar-refractivity contribution in [2.45, 2.75) is 6.92 Å². The van der Waals surface area contributed by atoms with E-state index in [0.717, 1.165) is 11.3 Å². The number of halogens is 3. The van der Waals surface area contributed by atoms with Gasteiger partial charge >= 0.3 is 0 Å². The highest BCUT2D eigenvalue weighted by atomic mass is 35.5. The zero-order valence-corrected chi connectivity index (χ0v) is 13.2. The number of carbonyl (C=O) groups is 1. The lowest BCUT2D eigenvalue weighted by Gasteiger charge is -2.18. The van der Waals surface area contributed by atoms with E-state index in [1.807, 2.05) is 25.9 Å². The summed E-state index contributed by atoms with van der Waals surface area (Å²) in [5.41, 5.74) is 7.23. The Balaban J connectivity index is 0. The number of aryl methyl sites for hydroxylation is 1. The topological polar surface area (TPSA) is 82.2 Å². The van der Waals surface area contributed by atoms with E-state index in [1.165, 1.54) is 0 Å². The van der Waals surface area contributed by atoms with Gasteiger partial charge in [-0.25, -0.2) is 0 Å². The minimum Gasteiger partial charge on any atom is -0.376 e. The SMILES string of the molecule is Cc1cc(C(=O)NC(=N)N)cc(Cl)c1N(C)C.Cl.Cl. The fraction of sp³-hybridized carbons (Fsp3) is 0.273. The van der Waals surface area contributed by atoms with Crippen molar-refractivity contribution in [2.75, 3.05) is 19.0 Å². The Kier molecular flexibility index (Phi) is 8.58. The van der Waals surface area contributed by atoms with Crippen molar-refractivity contribution < 1.29 is 4.79 Å². The first-order valence-corrected chi connectivity index (χ1v) is 5.33. The van der Waals surface area contributed by atoms with E-state index < -0.39 is 5.91 Å². The number of nitrogens with two attached hydrogens (primary N) is 1. The quantitative estimate of drug-likeness (QED) is 0.575. The first kappa shape index (κ1) is 20.2. The Labute approximate surface area is 129 Å². The molecule has 0 spiro atoms. The van der Waals surface area contributed by atoms with E-state index in [2.05, 4.69) is 5.32 Å². The third kappa shape index (κ3) is 5.14. The molecule has 108 valence electrons. The largest absolute Gasteiger partial charge is 0.376 e. The maximum Gasteiger partial charge on any atom is 0.258 e. The third-order valence-corrected chi connectivity index (χ3v) is 2.50. The highest BCUT2D eigenvalue weighted by Crippen LogP contribution is 2.29. The minimum atomic E-state index is -0.437. The Hall–Kier alpha value is -1.17. The van der Waals surface area contributed by atoms with Crippen LogP contribution in [0, 0.1) is 12.3 Å². The van der Waals surface area contributed by atoms with Crippen LogP contribution in [-0.2, 0) is 0 Å². The Morgan fingerprint density at radius 1 is 1.37 bits per heavy atom. The van der Waals surface area contributed by atoms with Crippen LogP contribution in [0.1, 0.15) is 15.9 Å². The van der Waals surface area contributed by atoms with Crippen molar-refractivity contribution in [3.8, 4) is 0 Å². The van der Waals surface area contributed by atoms with E-state index >= 15 is 0 Å². The Morgan fingerprint density at radius 2 is 1.89 bits per heavy atom. The van der Waals surface area contributed by atoms with Gasteiger partial charge in [0, 0.05) is 19.7 Å². The summed E-state index contributed by atoms with van der Waals surface area (Å²) in [7, 11) is 3.76. The maximum absolute atomic E-state index is 11.6. The van der Waals surface area contributed by atoms with Crippen LogP contribution in [0.25, 0.3) is 0 Å². The van der Waals surface area contributed by atoms with Crippen LogP contribution in [0.5, 0.6) is 0 Å². The van der Waals surface area contributed by atoms with E-state index in [-0.39, 0.29) is 30.8 Å². The number of carbonyl (C=O) groups excluding carboxylic acids is 1. The molecule has 5 nitrogen and oxygen atoms in total. The molecule has 1 rings (SSSR count). The molecule has 0 atom stereocenters. The average Bonchev–Trinajstić information content (AvgIpc) is 2.14. The fourth-order valence-electron chi connectivity index (χ4n) is 1.63. The van der Waals surface area contributed by atoms with Gasteiger partial charge in [0.25, 0.3) is 5.91 Å². The highest BCUT2D eigenvalue weighted by molar-refractivity contribution is 6.34. The van der Waals surface area contributed by atoms with Gasteiger partial charge in [-0.05, 0) is 24.6 Å². The number of amides is 1. The molecule has 0 radical (unpaired) electrons. The minimum absolute atomic E-state index is 0. The molecule has 0 aliphatic rings. The standard InChI is InChI=1S/C11H15ClN4O.2ClH/c1-6-4-7(10(17)15-11(13)14)5-8(12)9(6)16(2)3;;/h4-5H,1-3H3,(H4,13,14,15,17);2*1H. The van der Waals surface area contributed by atoms with E-state index in [1.54, 1.807) is 12.1 Å². The van der Waals surface area contributed by atoms with Gasteiger partial charge in [0.05, 0.1) is 10.7 Å². The van der Waals surface area contributed by atoms with Gasteiger partial charge in [-0.1, -0.05) is 11.6 Å². The molecule has 0 saturated heterocycles. The molecule has 0 aromatic heterocycles. The van der Waals surface area contributed by atoms with Gasteiger partial charge in [-0.3, -0.25) is 15.5 Å². The summed E-state index contributed by atoms with van der Waals surface area (Å²) in [6.45, 7) is 1.87. The first-order valence-electron chi connectivity index (χ1n) is 4.95. The smallest absolute Gasteiger partial charge is 0.258 e. The van der Waals surface area contributed by atoms with Gasteiger partial charge in [0.1, 0.15) is 0 Å². The van der Waals surface area contributed by atoms with Crippen molar-refractivity contribution in [2.24, 2.45) is 5.73 Å². The van der Waals surface area contributed by atoms with Crippen molar-refractivity contribution in [3.05, 3.63) is 28.3 Å². The maximum atomic E-state index is 11.6. The zero-order chi connectivity index (χ0) is 13.2. The van der Waals surface area contributed by atoms with Gasteiger partial charge in [-0.15, -0.1) is 24.8 Å². The Bertz CT molecular complexity index is 454. The molecular weight excluding hydrogens is 311 g/mol. The molecular formula is C11H17Cl3N4O. The predicted octanol–water partition coefficient (Wildman–Crippen LogP) is 2.18. The molecule has 1 aromatic carbocycles. The predicted molar refractivity (Wildman–Crippen MR) is 84.4 cm³/mol. The van der Waals surface area contributed by atoms with E-state index in [4.69, 9.17) is 22.7 Å². The van der Waals surface area contributed by atoms with Crippen LogP contribution in [0.2, 0.25) is 5.02 Å². The summed E-state index contributed by atoms with van der Waals surface area (Å²) in [6.07, 6.45) is 0. The number of nitrogens with one attached hydrogen (secondary N) is 2. The molecule has 0 fully saturated rings. The molecule has 1 amide bonds. The monoisotopic (exact) mass is 326 g/mol. The molecule has 4 N–H and O–H groups in total. The molecule has 1 aromatic rings. The molecule has 0 saturated carbocycles. The molecule has 8 heteroatoms. The third-order valence-electron chi connectivity index (χ3n) is 2.21. The molecule has 19 heavy (non-hydrogen) atoms. The second kappa shape index (κ2) is 8.09. The Morgan fingerprint density at radius 3 is 2.26 bits per heavy atom. The van der Waals surface area contributed by atoms with Crippen LogP contribution >= 0.6 is 36.4 Å². The zero-order valence-electron chi connectivity index (χ0n) is 10.8. The fourth-order valence-corrected chi connectivity index (χ4v) is 2.06. The van der Waals surface area contributed by atoms with Crippen LogP contribution in [0.15, 0.2) is 12.1 Å². The van der Waals surface area contributed by atoms with Crippen LogP contribution in [0.3, 0.4) is 0 Å². The highest BCUT2D eigenvalue weighted by Gasteiger charge is 2.13. The molecule has 0 heterocycles. The number of benzene rings is 1. The summed E-state index contributed by atoms with van der Waals surface area (Å²) >= 11 is 6.10. The normalized spacial score (nSPS) is 8.84. The summed E-state index contributed by atoms with van der Waals surface area (Å²) in [6, 6.07) is 3.27. The van der Waals surface area contributed by atoms with Gasteiger partial charge in [0.15, 0.2) is 5.96 Å². The second-order valence-electron chi connectivity index (χ2n) is 3.89. The second-order valence-corrected chi connectivity index (χ2v) is 4.29. The van der Waals surface area contributed by atoms with Crippen LogP contribution < -0.4 is 16.0 Å². The number of anilines is 1. The molecule has 0 aliphatic carbocycles. The summed E-state index contributed by atoms with van der Waals surface area (Å²) in [4.78, 5) is 13.5. The number of hydrogen-bond acceptors (Lipinski definition) is 3. The summed E-state index contributed by atoms with van der Waals surface area (Å²) < 4.78 is 0. The number of rotatable bonds is 2. The van der Waals surface area contributed by atoms with E-state index in [0.29, 0.717) is 10.6 Å². The van der Waals surface area contributed by atoms with Crippen molar-refractivity contribution in [1.82, 2.24) is 5.32 Å². The van der Waals surface area contributed by atoms with Gasteiger partial charge in [0.2, 0.25) is 0 Å². The van der Waals surface area contributed by atoms with Crippen molar-refractivity contribution in [3.63, 3.8) is 0 Å². The van der Waals surface area contributed by atoms with Crippen LogP contribution in [-0.4, -0.2) is 26.0 Å². The van der Waals surface area contributed by atoms with E-state index in [9.17, 15) is 4.79 Å². The number of nitrogens with zero attached hydrogens (tertiary/aromatic N) is 1. The molecule has 0 aliphatic heterocycles. The summed E-state index contributed by atoms with van der Waals surface area (Å²) in [5, 5.41) is 9.70.